The molecule has 0 aromatic heterocycles. The van der Waals surface area contributed by atoms with Crippen molar-refractivity contribution < 1.29 is 13.2 Å². The van der Waals surface area contributed by atoms with Crippen LogP contribution in [0.4, 0.5) is 13.2 Å². The van der Waals surface area contributed by atoms with Gasteiger partial charge >= 0.3 is 6.18 Å². The van der Waals surface area contributed by atoms with E-state index in [1.165, 1.54) is 16.0 Å². The van der Waals surface area contributed by atoms with Crippen molar-refractivity contribution in [2.45, 2.75) is 32.5 Å². The molecule has 7 heteroatoms. The van der Waals surface area contributed by atoms with Gasteiger partial charge in [0.05, 0.1) is 6.54 Å². The van der Waals surface area contributed by atoms with Crippen molar-refractivity contribution >= 4 is 5.96 Å². The Morgan fingerprint density at radius 1 is 1.24 bits per heavy atom. The van der Waals surface area contributed by atoms with Crippen molar-refractivity contribution in [3.8, 4) is 0 Å². The Bertz CT molecular complexity index is 572. The Kier molecular flexibility index (Phi) is 7.11. The fraction of sp³-hybridized carbons (Fsp3) is 0.611. The Balaban J connectivity index is 1.76. The number of aliphatic imine (C=N–C) groups is 1. The maximum atomic E-state index is 12.4. The third kappa shape index (κ3) is 6.57. The van der Waals surface area contributed by atoms with Crippen molar-refractivity contribution in [1.82, 2.24) is 15.5 Å². The molecule has 25 heavy (non-hydrogen) atoms. The van der Waals surface area contributed by atoms with Crippen LogP contribution in [-0.4, -0.2) is 50.3 Å². The van der Waals surface area contributed by atoms with Gasteiger partial charge in [-0.25, -0.2) is 0 Å². The molecule has 1 saturated heterocycles. The molecule has 1 aliphatic rings. The summed E-state index contributed by atoms with van der Waals surface area (Å²) in [6.07, 6.45) is -2.37. The van der Waals surface area contributed by atoms with Gasteiger partial charge in [0.1, 0.15) is 0 Å². The van der Waals surface area contributed by atoms with Gasteiger partial charge in [-0.05, 0) is 36.4 Å². The molecule has 4 nitrogen and oxygen atoms in total. The summed E-state index contributed by atoms with van der Waals surface area (Å²) in [5.41, 5.74) is 2.52. The lowest BCUT2D eigenvalue weighted by Gasteiger charge is -2.19. The molecule has 1 atom stereocenters. The molecule has 0 spiro atoms. The minimum Gasteiger partial charge on any atom is -0.356 e. The maximum absolute atomic E-state index is 12.4. The molecule has 2 N–H and O–H groups in total. The molecule has 0 bridgehead atoms. The first-order valence-corrected chi connectivity index (χ1v) is 8.71. The zero-order valence-electron chi connectivity index (χ0n) is 14.9. The fourth-order valence-corrected chi connectivity index (χ4v) is 3.19. The predicted octanol–water partition coefficient (Wildman–Crippen LogP) is 2.80. The van der Waals surface area contributed by atoms with Gasteiger partial charge in [0.2, 0.25) is 0 Å². The second-order valence-electron chi connectivity index (χ2n) is 6.43. The molecule has 0 aliphatic carbocycles. The number of guanidine groups is 1. The van der Waals surface area contributed by atoms with Crippen molar-refractivity contribution in [2.24, 2.45) is 10.9 Å². The zero-order chi connectivity index (χ0) is 18.3. The fourth-order valence-electron chi connectivity index (χ4n) is 3.19. The van der Waals surface area contributed by atoms with Gasteiger partial charge in [-0.2, -0.15) is 13.2 Å². The summed E-state index contributed by atoms with van der Waals surface area (Å²) in [4.78, 5) is 5.67. The van der Waals surface area contributed by atoms with Crippen LogP contribution in [0.15, 0.2) is 29.3 Å². The largest absolute Gasteiger partial charge is 0.401 e. The van der Waals surface area contributed by atoms with Gasteiger partial charge in [0, 0.05) is 26.7 Å². The molecular formula is C18H27F3N4. The summed E-state index contributed by atoms with van der Waals surface area (Å²) in [7, 11) is 1.70. The number of likely N-dealkylation sites (tertiary alicyclic amines) is 1. The van der Waals surface area contributed by atoms with Gasteiger partial charge < -0.3 is 10.6 Å². The Labute approximate surface area is 147 Å². The van der Waals surface area contributed by atoms with E-state index in [1.807, 2.05) is 12.1 Å². The smallest absolute Gasteiger partial charge is 0.356 e. The molecule has 1 fully saturated rings. The summed E-state index contributed by atoms with van der Waals surface area (Å²) >= 11 is 0. The quantitative estimate of drug-likeness (QED) is 0.608. The van der Waals surface area contributed by atoms with Gasteiger partial charge in [-0.1, -0.05) is 31.2 Å². The summed E-state index contributed by atoms with van der Waals surface area (Å²) < 4.78 is 37.3. The summed E-state index contributed by atoms with van der Waals surface area (Å²) in [6, 6.07) is 8.24. The second kappa shape index (κ2) is 9.08. The van der Waals surface area contributed by atoms with Crippen molar-refractivity contribution in [2.75, 3.05) is 33.2 Å². The highest BCUT2D eigenvalue weighted by Crippen LogP contribution is 2.22. The van der Waals surface area contributed by atoms with E-state index in [2.05, 4.69) is 34.7 Å². The number of aryl methyl sites for hydroxylation is 1. The van der Waals surface area contributed by atoms with Crippen molar-refractivity contribution in [3.63, 3.8) is 0 Å². The highest BCUT2D eigenvalue weighted by molar-refractivity contribution is 5.79. The van der Waals surface area contributed by atoms with Crippen molar-refractivity contribution in [3.05, 3.63) is 35.4 Å². The van der Waals surface area contributed by atoms with Gasteiger partial charge in [0.25, 0.3) is 0 Å². The first kappa shape index (κ1) is 19.6. The van der Waals surface area contributed by atoms with E-state index in [9.17, 15) is 13.2 Å². The molecule has 1 aromatic rings. The third-order valence-electron chi connectivity index (χ3n) is 4.50. The van der Waals surface area contributed by atoms with E-state index in [1.54, 1.807) is 7.05 Å². The number of benzene rings is 1. The molecule has 1 unspecified atom stereocenters. The van der Waals surface area contributed by atoms with Gasteiger partial charge in [-0.3, -0.25) is 9.89 Å². The molecule has 140 valence electrons. The van der Waals surface area contributed by atoms with Crippen LogP contribution in [-0.2, 0) is 13.0 Å². The van der Waals surface area contributed by atoms with Crippen LogP contribution in [0, 0.1) is 5.92 Å². The average Bonchev–Trinajstić information content (AvgIpc) is 3.00. The van der Waals surface area contributed by atoms with E-state index in [-0.39, 0.29) is 5.92 Å². The molecular weight excluding hydrogens is 329 g/mol. The summed E-state index contributed by atoms with van der Waals surface area (Å²) in [5, 5.41) is 6.51. The number of nitrogens with one attached hydrogen (secondary N) is 2. The van der Waals surface area contributed by atoms with Gasteiger partial charge in [0.15, 0.2) is 5.96 Å². The van der Waals surface area contributed by atoms with E-state index >= 15 is 0 Å². The molecule has 0 amide bonds. The average molecular weight is 356 g/mol. The number of nitrogens with zero attached hydrogens (tertiary/aromatic N) is 2. The molecule has 0 radical (unpaired) electrons. The van der Waals surface area contributed by atoms with E-state index < -0.39 is 12.7 Å². The Morgan fingerprint density at radius 3 is 2.60 bits per heavy atom. The van der Waals surface area contributed by atoms with Crippen LogP contribution in [0.1, 0.15) is 24.5 Å². The first-order chi connectivity index (χ1) is 11.9. The second-order valence-corrected chi connectivity index (χ2v) is 6.43. The molecule has 1 heterocycles. The van der Waals surface area contributed by atoms with Crippen molar-refractivity contribution in [1.29, 1.82) is 0 Å². The topological polar surface area (TPSA) is 39.7 Å². The normalized spacial score (nSPS) is 19.2. The molecule has 2 rings (SSSR count). The Hall–Kier alpha value is -1.76. The highest BCUT2D eigenvalue weighted by Gasteiger charge is 2.34. The molecule has 1 aromatic carbocycles. The standard InChI is InChI=1S/C18H27F3N4/c1-3-15-6-4-5-7-16(15)11-24-17(22-2)23-10-14-8-9-25(12-14)13-18(19,20)21/h4-7,14H,3,8-13H2,1-2H3,(H2,22,23,24). The van der Waals surface area contributed by atoms with Crippen LogP contribution < -0.4 is 10.6 Å². The summed E-state index contributed by atoms with van der Waals surface area (Å²) in [6.45, 7) is 3.59. The lowest BCUT2D eigenvalue weighted by Crippen LogP contribution is -2.40. The minimum absolute atomic E-state index is 0.212. The minimum atomic E-state index is -4.12. The van der Waals surface area contributed by atoms with Crippen LogP contribution in [0.25, 0.3) is 0 Å². The number of rotatable bonds is 6. The first-order valence-electron chi connectivity index (χ1n) is 8.71. The number of hydrogen-bond donors (Lipinski definition) is 2. The maximum Gasteiger partial charge on any atom is 0.401 e. The molecule has 1 aliphatic heterocycles. The van der Waals surface area contributed by atoms with Crippen LogP contribution in [0.3, 0.4) is 0 Å². The number of halogens is 3. The lowest BCUT2D eigenvalue weighted by atomic mass is 10.1. The van der Waals surface area contributed by atoms with Crippen LogP contribution in [0.5, 0.6) is 0 Å². The van der Waals surface area contributed by atoms with Crippen LogP contribution >= 0.6 is 0 Å². The monoisotopic (exact) mass is 356 g/mol. The van der Waals surface area contributed by atoms with E-state index in [0.717, 1.165) is 12.8 Å². The van der Waals surface area contributed by atoms with E-state index in [0.29, 0.717) is 32.1 Å². The van der Waals surface area contributed by atoms with Crippen LogP contribution in [0.2, 0.25) is 0 Å². The Morgan fingerprint density at radius 2 is 1.96 bits per heavy atom. The SMILES string of the molecule is CCc1ccccc1CNC(=NC)NCC1CCN(CC(F)(F)F)C1. The summed E-state index contributed by atoms with van der Waals surface area (Å²) in [5.74, 6) is 0.893. The van der Waals surface area contributed by atoms with E-state index in [4.69, 9.17) is 0 Å². The lowest BCUT2D eigenvalue weighted by molar-refractivity contribution is -0.143. The van der Waals surface area contributed by atoms with Gasteiger partial charge in [-0.15, -0.1) is 0 Å². The third-order valence-corrected chi connectivity index (χ3v) is 4.50. The molecule has 0 saturated carbocycles. The number of hydrogen-bond acceptors (Lipinski definition) is 2. The predicted molar refractivity (Wildman–Crippen MR) is 94.6 cm³/mol. The zero-order valence-corrected chi connectivity index (χ0v) is 14.9. The highest BCUT2D eigenvalue weighted by atomic mass is 19.4. The number of alkyl halides is 3.